The van der Waals surface area contributed by atoms with Crippen molar-refractivity contribution in [1.82, 2.24) is 15.0 Å². The van der Waals surface area contributed by atoms with E-state index in [0.29, 0.717) is 11.3 Å². The number of para-hydroxylation sites is 1. The number of nitrogens with zero attached hydrogens (tertiary/aromatic N) is 3. The molecule has 0 radical (unpaired) electrons. The van der Waals surface area contributed by atoms with Crippen molar-refractivity contribution in [3.05, 3.63) is 41.5 Å². The van der Waals surface area contributed by atoms with Gasteiger partial charge in [0.2, 0.25) is 0 Å². The summed E-state index contributed by atoms with van der Waals surface area (Å²) < 4.78 is 14.9. The Bertz CT molecular complexity index is 545. The first-order valence-electron chi connectivity index (χ1n) is 4.96. The second-order valence-electron chi connectivity index (χ2n) is 3.61. The number of rotatable bonds is 3. The van der Waals surface area contributed by atoms with E-state index in [2.05, 4.69) is 10.3 Å². The lowest BCUT2D eigenvalue weighted by Gasteiger charge is -2.08. The van der Waals surface area contributed by atoms with Gasteiger partial charge in [-0.3, -0.25) is 4.79 Å². The van der Waals surface area contributed by atoms with Gasteiger partial charge in [0.1, 0.15) is 11.5 Å². The first kappa shape index (κ1) is 11.3. The topological polar surface area (TPSA) is 68.0 Å². The van der Waals surface area contributed by atoms with E-state index in [9.17, 15) is 9.18 Å². The molecule has 6 heteroatoms. The summed E-state index contributed by atoms with van der Waals surface area (Å²) in [6.45, 7) is 1.73. The summed E-state index contributed by atoms with van der Waals surface area (Å²) in [7, 11) is 0. The average molecular weight is 235 g/mol. The summed E-state index contributed by atoms with van der Waals surface area (Å²) in [5.74, 6) is -1.47. The van der Waals surface area contributed by atoms with Crippen LogP contribution in [-0.2, 0) is 11.2 Å². The van der Waals surface area contributed by atoms with Crippen molar-refractivity contribution in [2.75, 3.05) is 0 Å². The molecule has 0 atom stereocenters. The zero-order valence-electron chi connectivity index (χ0n) is 9.09. The van der Waals surface area contributed by atoms with Gasteiger partial charge >= 0.3 is 5.97 Å². The van der Waals surface area contributed by atoms with Gasteiger partial charge in [0.25, 0.3) is 0 Å². The highest BCUT2D eigenvalue weighted by Gasteiger charge is 2.14. The number of carbonyl (C=O) groups is 1. The highest BCUT2D eigenvalue weighted by atomic mass is 19.1. The van der Waals surface area contributed by atoms with Crippen LogP contribution in [-0.4, -0.2) is 26.1 Å². The molecule has 5 nitrogen and oxygen atoms in total. The Kier molecular flexibility index (Phi) is 2.86. The average Bonchev–Trinajstić information content (AvgIpc) is 2.65. The molecule has 1 N–H and O–H groups in total. The van der Waals surface area contributed by atoms with Crippen LogP contribution in [0.15, 0.2) is 24.4 Å². The molecule has 0 aliphatic heterocycles. The maximum Gasteiger partial charge on any atom is 0.309 e. The standard InChI is InChI=1S/C11H10FN3O2/c1-7-3-2-4-9(12)11(7)15-8(5-10(16)17)6-13-14-15/h2-4,6H,5H2,1H3,(H,16,17). The Morgan fingerprint density at radius 3 is 2.94 bits per heavy atom. The van der Waals surface area contributed by atoms with Crippen molar-refractivity contribution in [3.8, 4) is 5.69 Å². The van der Waals surface area contributed by atoms with Crippen LogP contribution in [0.4, 0.5) is 4.39 Å². The molecule has 17 heavy (non-hydrogen) atoms. The highest BCUT2D eigenvalue weighted by Crippen LogP contribution is 2.18. The van der Waals surface area contributed by atoms with Crippen LogP contribution in [0.3, 0.4) is 0 Å². The minimum Gasteiger partial charge on any atom is -0.481 e. The third-order valence-corrected chi connectivity index (χ3v) is 2.35. The number of carboxylic acid groups (broad SMARTS) is 1. The molecule has 0 aliphatic carbocycles. The van der Waals surface area contributed by atoms with Crippen molar-refractivity contribution >= 4 is 5.97 Å². The molecule has 1 heterocycles. The predicted molar refractivity (Wildman–Crippen MR) is 57.4 cm³/mol. The van der Waals surface area contributed by atoms with Gasteiger partial charge in [0, 0.05) is 0 Å². The first-order valence-corrected chi connectivity index (χ1v) is 4.96. The van der Waals surface area contributed by atoms with E-state index in [1.54, 1.807) is 19.1 Å². The van der Waals surface area contributed by atoms with Gasteiger partial charge in [-0.25, -0.2) is 9.07 Å². The van der Waals surface area contributed by atoms with E-state index in [4.69, 9.17) is 5.11 Å². The number of aromatic nitrogens is 3. The predicted octanol–water partition coefficient (Wildman–Crippen LogP) is 1.34. The van der Waals surface area contributed by atoms with E-state index in [-0.39, 0.29) is 12.1 Å². The Hall–Kier alpha value is -2.24. The maximum atomic E-state index is 13.7. The SMILES string of the molecule is Cc1cccc(F)c1-n1nncc1CC(=O)O. The molecule has 0 bridgehead atoms. The summed E-state index contributed by atoms with van der Waals surface area (Å²) in [5, 5.41) is 16.1. The van der Waals surface area contributed by atoms with Gasteiger partial charge in [-0.2, -0.15) is 0 Å². The Morgan fingerprint density at radius 1 is 1.53 bits per heavy atom. The molecule has 0 aliphatic rings. The number of hydrogen-bond donors (Lipinski definition) is 1. The fourth-order valence-electron chi connectivity index (χ4n) is 1.61. The van der Waals surface area contributed by atoms with Gasteiger partial charge in [-0.05, 0) is 18.6 Å². The van der Waals surface area contributed by atoms with E-state index in [1.165, 1.54) is 16.9 Å². The van der Waals surface area contributed by atoms with Crippen LogP contribution in [0, 0.1) is 12.7 Å². The minimum atomic E-state index is -1.01. The number of halogens is 1. The van der Waals surface area contributed by atoms with Gasteiger partial charge in [0.05, 0.1) is 18.3 Å². The lowest BCUT2D eigenvalue weighted by atomic mass is 10.2. The Labute approximate surface area is 96.5 Å². The van der Waals surface area contributed by atoms with Crippen molar-refractivity contribution in [1.29, 1.82) is 0 Å². The molecule has 2 aromatic rings. The zero-order chi connectivity index (χ0) is 12.4. The number of hydrogen-bond acceptors (Lipinski definition) is 3. The monoisotopic (exact) mass is 235 g/mol. The molecular formula is C11H10FN3O2. The molecule has 0 spiro atoms. The van der Waals surface area contributed by atoms with Crippen molar-refractivity contribution in [2.45, 2.75) is 13.3 Å². The van der Waals surface area contributed by atoms with Crippen LogP contribution >= 0.6 is 0 Å². The number of benzene rings is 1. The minimum absolute atomic E-state index is 0.237. The smallest absolute Gasteiger partial charge is 0.309 e. The highest BCUT2D eigenvalue weighted by molar-refractivity contribution is 5.69. The normalized spacial score (nSPS) is 10.5. The van der Waals surface area contributed by atoms with Gasteiger partial charge in [-0.1, -0.05) is 17.3 Å². The van der Waals surface area contributed by atoms with Gasteiger partial charge in [0.15, 0.2) is 0 Å². The molecule has 0 amide bonds. The molecule has 88 valence electrons. The number of carboxylic acids is 1. The van der Waals surface area contributed by atoms with Gasteiger partial charge < -0.3 is 5.11 Å². The summed E-state index contributed by atoms with van der Waals surface area (Å²) in [6, 6.07) is 4.61. The fraction of sp³-hybridized carbons (Fsp3) is 0.182. The summed E-state index contributed by atoms with van der Waals surface area (Å²) >= 11 is 0. The summed E-state index contributed by atoms with van der Waals surface area (Å²) in [5.41, 5.74) is 1.24. The first-order chi connectivity index (χ1) is 8.09. The second kappa shape index (κ2) is 4.32. The second-order valence-corrected chi connectivity index (χ2v) is 3.61. The van der Waals surface area contributed by atoms with E-state index < -0.39 is 11.8 Å². The fourth-order valence-corrected chi connectivity index (χ4v) is 1.61. The molecule has 0 saturated carbocycles. The van der Waals surface area contributed by atoms with Crippen LogP contribution in [0.25, 0.3) is 5.69 Å². The number of aryl methyl sites for hydroxylation is 1. The van der Waals surface area contributed by atoms with Crippen LogP contribution in [0.5, 0.6) is 0 Å². The molecule has 1 aromatic carbocycles. The largest absolute Gasteiger partial charge is 0.481 e. The molecule has 0 fully saturated rings. The van der Waals surface area contributed by atoms with E-state index in [1.807, 2.05) is 0 Å². The molecular weight excluding hydrogens is 225 g/mol. The van der Waals surface area contributed by atoms with Crippen LogP contribution < -0.4 is 0 Å². The lowest BCUT2D eigenvalue weighted by molar-refractivity contribution is -0.136. The van der Waals surface area contributed by atoms with Crippen molar-refractivity contribution in [2.24, 2.45) is 0 Å². The van der Waals surface area contributed by atoms with E-state index in [0.717, 1.165) is 0 Å². The molecule has 0 saturated heterocycles. The number of aliphatic carboxylic acids is 1. The molecule has 1 aromatic heterocycles. The quantitative estimate of drug-likeness (QED) is 0.871. The third-order valence-electron chi connectivity index (χ3n) is 2.35. The Balaban J connectivity index is 2.53. The van der Waals surface area contributed by atoms with Crippen LogP contribution in [0.1, 0.15) is 11.3 Å². The summed E-state index contributed by atoms with van der Waals surface area (Å²) in [4.78, 5) is 10.7. The van der Waals surface area contributed by atoms with Gasteiger partial charge in [-0.15, -0.1) is 5.10 Å². The van der Waals surface area contributed by atoms with Crippen molar-refractivity contribution in [3.63, 3.8) is 0 Å². The molecule has 2 rings (SSSR count). The lowest BCUT2D eigenvalue weighted by Crippen LogP contribution is -2.10. The molecule has 0 unspecified atom stereocenters. The van der Waals surface area contributed by atoms with Crippen LogP contribution in [0.2, 0.25) is 0 Å². The third kappa shape index (κ3) is 2.15. The Morgan fingerprint density at radius 2 is 2.29 bits per heavy atom. The maximum absolute atomic E-state index is 13.7. The van der Waals surface area contributed by atoms with E-state index >= 15 is 0 Å². The van der Waals surface area contributed by atoms with Crippen molar-refractivity contribution < 1.29 is 14.3 Å². The summed E-state index contributed by atoms with van der Waals surface area (Å²) in [6.07, 6.45) is 1.07. The zero-order valence-corrected chi connectivity index (χ0v) is 9.09.